The van der Waals surface area contributed by atoms with Gasteiger partial charge in [-0.2, -0.15) is 4.31 Å². The maximum absolute atomic E-state index is 12.5. The van der Waals surface area contributed by atoms with Gasteiger partial charge in [0.25, 0.3) is 0 Å². The number of nitrogens with zero attached hydrogens (tertiary/aromatic N) is 1. The molecule has 1 amide bonds. The van der Waals surface area contributed by atoms with Crippen molar-refractivity contribution in [2.24, 2.45) is 0 Å². The minimum Gasteiger partial charge on any atom is -0.453 e. The molecule has 21 heavy (non-hydrogen) atoms. The van der Waals surface area contributed by atoms with E-state index in [-0.39, 0.29) is 10.9 Å². The second-order valence-electron chi connectivity index (χ2n) is 4.77. The van der Waals surface area contributed by atoms with Crippen LogP contribution in [0.5, 0.6) is 0 Å². The highest BCUT2D eigenvalue weighted by atomic mass is 35.5. The maximum atomic E-state index is 12.5. The molecule has 0 atom stereocenters. The van der Waals surface area contributed by atoms with Gasteiger partial charge in [-0.05, 0) is 31.0 Å². The molecule has 0 radical (unpaired) electrons. The van der Waals surface area contributed by atoms with E-state index in [1.807, 2.05) is 0 Å². The molecule has 1 heterocycles. The molecule has 1 aliphatic rings. The van der Waals surface area contributed by atoms with Gasteiger partial charge in [-0.3, -0.25) is 0 Å². The van der Waals surface area contributed by atoms with Crippen LogP contribution in [0.4, 0.5) is 4.79 Å². The topological polar surface area (TPSA) is 75.7 Å². The first kappa shape index (κ1) is 16.1. The Bertz CT molecular complexity index is 612. The van der Waals surface area contributed by atoms with E-state index in [9.17, 15) is 13.2 Å². The molecule has 1 saturated heterocycles. The Balaban J connectivity index is 2.03. The maximum Gasteiger partial charge on any atom is 0.407 e. The zero-order chi connectivity index (χ0) is 15.5. The fraction of sp³-hybridized carbons (Fsp3) is 0.462. The predicted octanol–water partition coefficient (Wildman–Crippen LogP) is 1.85. The summed E-state index contributed by atoms with van der Waals surface area (Å²) in [6.45, 7) is 0.701. The van der Waals surface area contributed by atoms with Crippen LogP contribution in [0.1, 0.15) is 12.8 Å². The molecule has 0 bridgehead atoms. The highest BCUT2D eigenvalue weighted by Gasteiger charge is 2.30. The Hall–Kier alpha value is -1.31. The van der Waals surface area contributed by atoms with E-state index >= 15 is 0 Å². The molecule has 8 heteroatoms. The zero-order valence-corrected chi connectivity index (χ0v) is 13.2. The van der Waals surface area contributed by atoms with Crippen molar-refractivity contribution in [1.82, 2.24) is 9.62 Å². The molecule has 0 saturated carbocycles. The van der Waals surface area contributed by atoms with Crippen LogP contribution in [-0.4, -0.2) is 45.1 Å². The second-order valence-corrected chi connectivity index (χ2v) is 7.15. The van der Waals surface area contributed by atoms with Gasteiger partial charge in [-0.1, -0.05) is 17.7 Å². The third-order valence-electron chi connectivity index (χ3n) is 3.40. The first-order valence-electron chi connectivity index (χ1n) is 6.53. The number of carbonyl (C=O) groups excluding carboxylic acids is 1. The van der Waals surface area contributed by atoms with E-state index in [0.29, 0.717) is 31.0 Å². The Morgan fingerprint density at radius 1 is 1.38 bits per heavy atom. The standard InChI is InChI=1S/C13H17ClN2O4S/c1-20-13(17)15-11-5-7-16(8-6-11)21(18,19)12-4-2-3-10(14)9-12/h2-4,9,11H,5-8H2,1H3,(H,15,17). The van der Waals surface area contributed by atoms with Crippen LogP contribution in [-0.2, 0) is 14.8 Å². The molecule has 116 valence electrons. The molecule has 0 spiro atoms. The van der Waals surface area contributed by atoms with Gasteiger partial charge in [-0.25, -0.2) is 13.2 Å². The molecule has 0 aliphatic carbocycles. The third-order valence-corrected chi connectivity index (χ3v) is 5.52. The van der Waals surface area contributed by atoms with Gasteiger partial charge in [0.2, 0.25) is 10.0 Å². The van der Waals surface area contributed by atoms with Crippen LogP contribution in [0.25, 0.3) is 0 Å². The smallest absolute Gasteiger partial charge is 0.407 e. The van der Waals surface area contributed by atoms with Crippen molar-refractivity contribution in [1.29, 1.82) is 0 Å². The average molecular weight is 333 g/mol. The Morgan fingerprint density at radius 3 is 2.62 bits per heavy atom. The summed E-state index contributed by atoms with van der Waals surface area (Å²) in [5, 5.41) is 3.07. The van der Waals surface area contributed by atoms with Crippen LogP contribution < -0.4 is 5.32 Å². The van der Waals surface area contributed by atoms with Crippen molar-refractivity contribution in [3.05, 3.63) is 29.3 Å². The highest BCUT2D eigenvalue weighted by molar-refractivity contribution is 7.89. The summed E-state index contributed by atoms with van der Waals surface area (Å²) in [5.41, 5.74) is 0. The molecule has 1 aromatic rings. The van der Waals surface area contributed by atoms with E-state index in [4.69, 9.17) is 11.6 Å². The van der Waals surface area contributed by atoms with Gasteiger partial charge in [-0.15, -0.1) is 0 Å². The number of methoxy groups -OCH3 is 1. The van der Waals surface area contributed by atoms with Gasteiger partial charge in [0.05, 0.1) is 12.0 Å². The average Bonchev–Trinajstić information content (AvgIpc) is 2.47. The van der Waals surface area contributed by atoms with E-state index in [1.165, 1.54) is 23.5 Å². The van der Waals surface area contributed by atoms with E-state index in [2.05, 4.69) is 10.1 Å². The molecular weight excluding hydrogens is 316 g/mol. The highest BCUT2D eigenvalue weighted by Crippen LogP contribution is 2.23. The minimum atomic E-state index is -3.54. The minimum absolute atomic E-state index is 0.0664. The fourth-order valence-corrected chi connectivity index (χ4v) is 4.01. The summed E-state index contributed by atoms with van der Waals surface area (Å²) in [4.78, 5) is 11.3. The predicted molar refractivity (Wildman–Crippen MR) is 78.8 cm³/mol. The number of ether oxygens (including phenoxy) is 1. The molecule has 1 aromatic carbocycles. The van der Waals surface area contributed by atoms with E-state index < -0.39 is 16.1 Å². The molecule has 0 unspecified atom stereocenters. The van der Waals surface area contributed by atoms with Gasteiger partial charge >= 0.3 is 6.09 Å². The summed E-state index contributed by atoms with van der Waals surface area (Å²) < 4.78 is 30.9. The summed E-state index contributed by atoms with van der Waals surface area (Å²) in [6, 6.07) is 6.15. The number of rotatable bonds is 3. The number of alkyl carbamates (subject to hydrolysis) is 1. The summed E-state index contributed by atoms with van der Waals surface area (Å²) in [5.74, 6) is 0. The largest absolute Gasteiger partial charge is 0.453 e. The van der Waals surface area contributed by atoms with E-state index in [1.54, 1.807) is 12.1 Å². The number of carbonyl (C=O) groups is 1. The summed E-state index contributed by atoms with van der Waals surface area (Å²) in [6.07, 6.45) is 0.607. The lowest BCUT2D eigenvalue weighted by Crippen LogP contribution is -2.46. The molecule has 1 aliphatic heterocycles. The molecule has 1 fully saturated rings. The van der Waals surface area contributed by atoms with Crippen LogP contribution in [0.3, 0.4) is 0 Å². The van der Waals surface area contributed by atoms with Crippen LogP contribution in [0.15, 0.2) is 29.2 Å². The second kappa shape index (κ2) is 6.64. The van der Waals surface area contributed by atoms with Crippen molar-refractivity contribution in [2.45, 2.75) is 23.8 Å². The van der Waals surface area contributed by atoms with Crippen LogP contribution >= 0.6 is 11.6 Å². The summed E-state index contributed by atoms with van der Waals surface area (Å²) >= 11 is 5.84. The van der Waals surface area contributed by atoms with Crippen LogP contribution in [0.2, 0.25) is 5.02 Å². The Labute approximate surface area is 129 Å². The number of nitrogens with one attached hydrogen (secondary N) is 1. The fourth-order valence-electron chi connectivity index (χ4n) is 2.24. The van der Waals surface area contributed by atoms with Crippen molar-refractivity contribution in [2.75, 3.05) is 20.2 Å². The number of amides is 1. The normalized spacial score (nSPS) is 17.4. The monoisotopic (exact) mass is 332 g/mol. The van der Waals surface area contributed by atoms with Gasteiger partial charge in [0, 0.05) is 24.2 Å². The number of benzene rings is 1. The lowest BCUT2D eigenvalue weighted by molar-refractivity contribution is 0.161. The van der Waals surface area contributed by atoms with Gasteiger partial charge in [0.1, 0.15) is 0 Å². The quantitative estimate of drug-likeness (QED) is 0.916. The number of piperidine rings is 1. The number of halogens is 1. The lowest BCUT2D eigenvalue weighted by Gasteiger charge is -2.31. The molecule has 6 nitrogen and oxygen atoms in total. The van der Waals surface area contributed by atoms with Crippen molar-refractivity contribution >= 4 is 27.7 Å². The third kappa shape index (κ3) is 3.87. The first-order valence-corrected chi connectivity index (χ1v) is 8.35. The molecule has 0 aromatic heterocycles. The number of hydrogen-bond acceptors (Lipinski definition) is 4. The molecule has 1 N–H and O–H groups in total. The zero-order valence-electron chi connectivity index (χ0n) is 11.6. The van der Waals surface area contributed by atoms with Crippen molar-refractivity contribution in [3.63, 3.8) is 0 Å². The Kier molecular flexibility index (Phi) is 5.08. The SMILES string of the molecule is COC(=O)NC1CCN(S(=O)(=O)c2cccc(Cl)c2)CC1. The lowest BCUT2D eigenvalue weighted by atomic mass is 10.1. The van der Waals surface area contributed by atoms with Gasteiger partial charge < -0.3 is 10.1 Å². The first-order chi connectivity index (χ1) is 9.93. The number of sulfonamides is 1. The van der Waals surface area contributed by atoms with Crippen molar-refractivity contribution < 1.29 is 17.9 Å². The Morgan fingerprint density at radius 2 is 2.05 bits per heavy atom. The van der Waals surface area contributed by atoms with Gasteiger partial charge in [0.15, 0.2) is 0 Å². The summed E-state index contributed by atoms with van der Waals surface area (Å²) in [7, 11) is -2.24. The molecular formula is C13H17ClN2O4S. The van der Waals surface area contributed by atoms with E-state index in [0.717, 1.165) is 0 Å². The van der Waals surface area contributed by atoms with Crippen molar-refractivity contribution in [3.8, 4) is 0 Å². The molecule has 2 rings (SSSR count). The van der Waals surface area contributed by atoms with Crippen LogP contribution in [0, 0.1) is 0 Å². The number of hydrogen-bond donors (Lipinski definition) is 1.